The molecule has 1 saturated carbocycles. The van der Waals surface area contributed by atoms with Crippen LogP contribution in [0.15, 0.2) is 0 Å². The van der Waals surface area contributed by atoms with Crippen molar-refractivity contribution < 1.29 is 4.74 Å². The molecular formula is C11H23NO. The minimum Gasteiger partial charge on any atom is -0.380 e. The summed E-state index contributed by atoms with van der Waals surface area (Å²) in [6.07, 6.45) is 4.52. The van der Waals surface area contributed by atoms with Crippen molar-refractivity contribution in [3.63, 3.8) is 0 Å². The Labute approximate surface area is 82.0 Å². The Morgan fingerprint density at radius 2 is 1.92 bits per heavy atom. The van der Waals surface area contributed by atoms with Gasteiger partial charge in [0.15, 0.2) is 0 Å². The van der Waals surface area contributed by atoms with Gasteiger partial charge in [0, 0.05) is 13.2 Å². The minimum atomic E-state index is 0.371. The minimum absolute atomic E-state index is 0.371. The van der Waals surface area contributed by atoms with Gasteiger partial charge in [-0.25, -0.2) is 0 Å². The van der Waals surface area contributed by atoms with Gasteiger partial charge in [0.2, 0.25) is 0 Å². The smallest absolute Gasteiger partial charge is 0.0749 e. The molecule has 0 bridgehead atoms. The lowest BCUT2D eigenvalue weighted by atomic mass is 9.76. The molecule has 0 saturated heterocycles. The lowest BCUT2D eigenvalue weighted by Gasteiger charge is -2.39. The van der Waals surface area contributed by atoms with Gasteiger partial charge in [-0.1, -0.05) is 20.3 Å². The molecule has 13 heavy (non-hydrogen) atoms. The molecule has 2 nitrogen and oxygen atoms in total. The van der Waals surface area contributed by atoms with Gasteiger partial charge < -0.3 is 10.1 Å². The molecule has 0 amide bonds. The maximum absolute atomic E-state index is 5.56. The van der Waals surface area contributed by atoms with E-state index >= 15 is 0 Å². The fraction of sp³-hybridized carbons (Fsp3) is 1.00. The first kappa shape index (κ1) is 11.0. The predicted molar refractivity (Wildman–Crippen MR) is 55.8 cm³/mol. The summed E-state index contributed by atoms with van der Waals surface area (Å²) in [6.45, 7) is 4.47. The van der Waals surface area contributed by atoms with Crippen LogP contribution in [0.3, 0.4) is 0 Å². The van der Waals surface area contributed by atoms with Crippen molar-refractivity contribution in [2.45, 2.75) is 45.3 Å². The third-order valence-corrected chi connectivity index (χ3v) is 3.27. The van der Waals surface area contributed by atoms with E-state index in [0.29, 0.717) is 18.1 Å². The first-order valence-electron chi connectivity index (χ1n) is 5.40. The van der Waals surface area contributed by atoms with Gasteiger partial charge in [0.1, 0.15) is 0 Å². The summed E-state index contributed by atoms with van der Waals surface area (Å²) in [5, 5.41) is 3.41. The van der Waals surface area contributed by atoms with E-state index in [-0.39, 0.29) is 0 Å². The molecule has 0 aromatic heterocycles. The molecule has 0 aromatic rings. The van der Waals surface area contributed by atoms with E-state index in [2.05, 4.69) is 26.2 Å². The Morgan fingerprint density at radius 1 is 1.31 bits per heavy atom. The van der Waals surface area contributed by atoms with Gasteiger partial charge in [-0.3, -0.25) is 0 Å². The highest BCUT2D eigenvalue weighted by Gasteiger charge is 2.33. The summed E-state index contributed by atoms with van der Waals surface area (Å²) in [5.74, 6) is 1.44. The van der Waals surface area contributed by atoms with Gasteiger partial charge in [-0.05, 0) is 31.7 Å². The van der Waals surface area contributed by atoms with Crippen LogP contribution in [0.5, 0.6) is 0 Å². The lowest BCUT2D eigenvalue weighted by Crippen LogP contribution is -2.49. The molecule has 0 radical (unpaired) electrons. The first-order valence-corrected chi connectivity index (χ1v) is 5.40. The molecule has 1 aliphatic carbocycles. The highest BCUT2D eigenvalue weighted by molar-refractivity contribution is 4.88. The van der Waals surface area contributed by atoms with Crippen molar-refractivity contribution in [1.29, 1.82) is 0 Å². The van der Waals surface area contributed by atoms with E-state index in [1.165, 1.54) is 19.3 Å². The van der Waals surface area contributed by atoms with Crippen LogP contribution < -0.4 is 5.32 Å². The van der Waals surface area contributed by atoms with E-state index < -0.39 is 0 Å². The summed E-state index contributed by atoms with van der Waals surface area (Å²) < 4.78 is 5.56. The second kappa shape index (κ2) is 4.97. The largest absolute Gasteiger partial charge is 0.380 e. The number of hydrogen-bond donors (Lipinski definition) is 1. The molecular weight excluding hydrogens is 162 g/mol. The lowest BCUT2D eigenvalue weighted by molar-refractivity contribution is 0.00325. The van der Waals surface area contributed by atoms with Crippen LogP contribution in [0.25, 0.3) is 0 Å². The highest BCUT2D eigenvalue weighted by Crippen LogP contribution is 2.32. The molecule has 2 atom stereocenters. The molecule has 2 unspecified atom stereocenters. The number of rotatable bonds is 5. The monoisotopic (exact) mass is 185 g/mol. The molecule has 0 aromatic carbocycles. The van der Waals surface area contributed by atoms with Gasteiger partial charge in [0.05, 0.1) is 6.10 Å². The van der Waals surface area contributed by atoms with Crippen molar-refractivity contribution in [2.24, 2.45) is 11.8 Å². The van der Waals surface area contributed by atoms with Crippen LogP contribution in [-0.4, -0.2) is 26.3 Å². The summed E-state index contributed by atoms with van der Waals surface area (Å²) >= 11 is 0. The Balaban J connectivity index is 2.50. The third-order valence-electron chi connectivity index (χ3n) is 3.27. The van der Waals surface area contributed by atoms with Crippen molar-refractivity contribution in [3.05, 3.63) is 0 Å². The average molecular weight is 185 g/mol. The zero-order chi connectivity index (χ0) is 9.84. The number of methoxy groups -OCH3 is 1. The zero-order valence-corrected chi connectivity index (χ0v) is 9.34. The SMILES string of the molecule is CNC(C1CCC1)C(OC)C(C)C. The highest BCUT2D eigenvalue weighted by atomic mass is 16.5. The summed E-state index contributed by atoms with van der Waals surface area (Å²) in [7, 11) is 3.88. The number of hydrogen-bond acceptors (Lipinski definition) is 2. The molecule has 1 rings (SSSR count). The van der Waals surface area contributed by atoms with E-state index in [1.54, 1.807) is 0 Å². The van der Waals surface area contributed by atoms with Gasteiger partial charge in [0.25, 0.3) is 0 Å². The topological polar surface area (TPSA) is 21.3 Å². The van der Waals surface area contributed by atoms with E-state index in [4.69, 9.17) is 4.74 Å². The fourth-order valence-electron chi connectivity index (χ4n) is 2.30. The van der Waals surface area contributed by atoms with E-state index in [9.17, 15) is 0 Å². The summed E-state index contributed by atoms with van der Waals surface area (Å²) in [6, 6.07) is 0.554. The quantitative estimate of drug-likeness (QED) is 0.708. The van der Waals surface area contributed by atoms with Crippen LogP contribution in [0.2, 0.25) is 0 Å². The second-order valence-corrected chi connectivity index (χ2v) is 4.45. The Morgan fingerprint density at radius 3 is 2.15 bits per heavy atom. The van der Waals surface area contributed by atoms with Crippen LogP contribution in [0.1, 0.15) is 33.1 Å². The van der Waals surface area contributed by atoms with Gasteiger partial charge >= 0.3 is 0 Å². The van der Waals surface area contributed by atoms with Crippen molar-refractivity contribution in [1.82, 2.24) is 5.32 Å². The maximum Gasteiger partial charge on any atom is 0.0749 e. The second-order valence-electron chi connectivity index (χ2n) is 4.45. The van der Waals surface area contributed by atoms with Gasteiger partial charge in [-0.2, -0.15) is 0 Å². The first-order chi connectivity index (χ1) is 6.20. The number of likely N-dealkylation sites (N-methyl/N-ethyl adjacent to an activating group) is 1. The molecule has 1 N–H and O–H groups in total. The molecule has 0 heterocycles. The predicted octanol–water partition coefficient (Wildman–Crippen LogP) is 2.05. The Kier molecular flexibility index (Phi) is 4.20. The zero-order valence-electron chi connectivity index (χ0n) is 9.34. The normalized spacial score (nSPS) is 22.8. The van der Waals surface area contributed by atoms with Gasteiger partial charge in [-0.15, -0.1) is 0 Å². The molecule has 0 spiro atoms. The molecule has 78 valence electrons. The molecule has 0 aliphatic heterocycles. The van der Waals surface area contributed by atoms with Crippen LogP contribution >= 0.6 is 0 Å². The molecule has 1 fully saturated rings. The average Bonchev–Trinajstić information content (AvgIpc) is 1.99. The van der Waals surface area contributed by atoms with Crippen LogP contribution in [-0.2, 0) is 4.74 Å². The summed E-state index contributed by atoms with van der Waals surface area (Å²) in [5.41, 5.74) is 0. The maximum atomic E-state index is 5.56. The standard InChI is InChI=1S/C11H23NO/c1-8(2)11(13-4)10(12-3)9-6-5-7-9/h8-12H,5-7H2,1-4H3. The molecule has 2 heteroatoms. The molecule has 1 aliphatic rings. The van der Waals surface area contributed by atoms with Crippen molar-refractivity contribution >= 4 is 0 Å². The van der Waals surface area contributed by atoms with E-state index in [1.807, 2.05) is 7.11 Å². The van der Waals surface area contributed by atoms with Crippen LogP contribution in [0, 0.1) is 11.8 Å². The Bertz CT molecular complexity index is 143. The van der Waals surface area contributed by atoms with Crippen molar-refractivity contribution in [3.8, 4) is 0 Å². The fourth-order valence-corrected chi connectivity index (χ4v) is 2.30. The third kappa shape index (κ3) is 2.44. The Hall–Kier alpha value is -0.0800. The number of nitrogens with one attached hydrogen (secondary N) is 1. The van der Waals surface area contributed by atoms with E-state index in [0.717, 1.165) is 5.92 Å². The van der Waals surface area contributed by atoms with Crippen molar-refractivity contribution in [2.75, 3.05) is 14.2 Å². The van der Waals surface area contributed by atoms with Crippen LogP contribution in [0.4, 0.5) is 0 Å². The number of ether oxygens (including phenoxy) is 1. The summed E-state index contributed by atoms with van der Waals surface area (Å²) in [4.78, 5) is 0.